The molecule has 13 heavy (non-hydrogen) atoms. The van der Waals surface area contributed by atoms with Crippen molar-refractivity contribution in [3.63, 3.8) is 0 Å². The molecule has 0 fully saturated rings. The topological polar surface area (TPSA) is 29.3 Å². The first kappa shape index (κ1) is 10.7. The van der Waals surface area contributed by atoms with Crippen LogP contribution in [0.4, 0.5) is 0 Å². The molecule has 2 unspecified atom stereocenters. The molecule has 2 nitrogen and oxygen atoms in total. The maximum absolute atomic E-state index is 5.69. The Morgan fingerprint density at radius 3 is 2.62 bits per heavy atom. The molecular weight excluding hydrogens is 180 g/mol. The van der Waals surface area contributed by atoms with Gasteiger partial charge in [-0.2, -0.15) is 0 Å². The summed E-state index contributed by atoms with van der Waals surface area (Å²) in [5.74, 6) is 0.508. The summed E-state index contributed by atoms with van der Waals surface area (Å²) in [7, 11) is 4.22. The molecule has 1 aromatic heterocycles. The number of hydrogen-bond donors (Lipinski definition) is 1. The Morgan fingerprint density at radius 1 is 1.54 bits per heavy atom. The fourth-order valence-corrected chi connectivity index (χ4v) is 2.69. The molecular formula is C10H18N2S. The molecule has 0 saturated heterocycles. The molecule has 0 aliphatic heterocycles. The van der Waals surface area contributed by atoms with Gasteiger partial charge in [-0.3, -0.25) is 0 Å². The summed E-state index contributed by atoms with van der Waals surface area (Å²) < 4.78 is 0. The minimum Gasteiger partial charge on any atom is -0.330 e. The Kier molecular flexibility index (Phi) is 3.90. The van der Waals surface area contributed by atoms with Gasteiger partial charge in [-0.1, -0.05) is 13.0 Å². The van der Waals surface area contributed by atoms with Crippen LogP contribution in [0.1, 0.15) is 17.8 Å². The van der Waals surface area contributed by atoms with E-state index in [4.69, 9.17) is 5.73 Å². The molecule has 0 spiro atoms. The maximum atomic E-state index is 5.69. The lowest BCUT2D eigenvalue weighted by Crippen LogP contribution is -2.29. The van der Waals surface area contributed by atoms with E-state index in [1.807, 2.05) is 0 Å². The van der Waals surface area contributed by atoms with Crippen LogP contribution in [0.15, 0.2) is 17.5 Å². The van der Waals surface area contributed by atoms with Gasteiger partial charge in [0.1, 0.15) is 0 Å². The number of nitrogens with two attached hydrogens (primary N) is 1. The molecule has 0 aliphatic carbocycles. The fourth-order valence-electron chi connectivity index (χ4n) is 1.63. The summed E-state index contributed by atoms with van der Waals surface area (Å²) in [6, 6.07) is 4.74. The molecule has 3 heteroatoms. The summed E-state index contributed by atoms with van der Waals surface area (Å²) >= 11 is 1.81. The van der Waals surface area contributed by atoms with E-state index >= 15 is 0 Å². The van der Waals surface area contributed by atoms with Crippen LogP contribution in [0.2, 0.25) is 0 Å². The third kappa shape index (κ3) is 2.53. The zero-order valence-electron chi connectivity index (χ0n) is 8.53. The Labute approximate surface area is 84.4 Å². The van der Waals surface area contributed by atoms with Crippen LogP contribution in [0.25, 0.3) is 0 Å². The maximum Gasteiger partial charge on any atom is 0.0473 e. The standard InChI is InChI=1S/C10H18N2S/c1-8(7-11)10(12(2)3)9-5-4-6-13-9/h4-6,8,10H,7,11H2,1-3H3. The highest BCUT2D eigenvalue weighted by Crippen LogP contribution is 2.29. The molecule has 0 amide bonds. The van der Waals surface area contributed by atoms with Gasteiger partial charge < -0.3 is 10.6 Å². The predicted molar refractivity (Wildman–Crippen MR) is 59.0 cm³/mol. The normalized spacial score (nSPS) is 16.1. The third-order valence-corrected chi connectivity index (χ3v) is 3.24. The average molecular weight is 198 g/mol. The lowest BCUT2D eigenvalue weighted by molar-refractivity contribution is 0.231. The number of thiophene rings is 1. The molecule has 1 aromatic rings. The number of rotatable bonds is 4. The van der Waals surface area contributed by atoms with Gasteiger partial charge in [0.2, 0.25) is 0 Å². The van der Waals surface area contributed by atoms with Gasteiger partial charge in [0.25, 0.3) is 0 Å². The Morgan fingerprint density at radius 2 is 2.23 bits per heavy atom. The van der Waals surface area contributed by atoms with Gasteiger partial charge in [-0.15, -0.1) is 11.3 Å². The van der Waals surface area contributed by atoms with Crippen LogP contribution in [0.5, 0.6) is 0 Å². The lowest BCUT2D eigenvalue weighted by Gasteiger charge is -2.28. The van der Waals surface area contributed by atoms with Crippen LogP contribution >= 0.6 is 11.3 Å². The van der Waals surface area contributed by atoms with E-state index < -0.39 is 0 Å². The molecule has 2 N–H and O–H groups in total. The largest absolute Gasteiger partial charge is 0.330 e. The van der Waals surface area contributed by atoms with Crippen molar-refractivity contribution in [2.75, 3.05) is 20.6 Å². The molecule has 0 aliphatic rings. The van der Waals surface area contributed by atoms with Gasteiger partial charge in [-0.05, 0) is 38.0 Å². The van der Waals surface area contributed by atoms with E-state index in [1.54, 1.807) is 11.3 Å². The van der Waals surface area contributed by atoms with Crippen molar-refractivity contribution >= 4 is 11.3 Å². The minimum absolute atomic E-state index is 0.463. The summed E-state index contributed by atoms with van der Waals surface area (Å²) in [6.07, 6.45) is 0. The highest BCUT2D eigenvalue weighted by molar-refractivity contribution is 7.10. The number of nitrogens with zero attached hydrogens (tertiary/aromatic N) is 1. The molecule has 2 atom stereocenters. The van der Waals surface area contributed by atoms with Gasteiger partial charge in [-0.25, -0.2) is 0 Å². The van der Waals surface area contributed by atoms with E-state index in [0.717, 1.165) is 6.54 Å². The molecule has 1 heterocycles. The minimum atomic E-state index is 0.463. The van der Waals surface area contributed by atoms with E-state index in [-0.39, 0.29) is 0 Å². The first-order valence-corrected chi connectivity index (χ1v) is 5.44. The molecule has 0 aromatic carbocycles. The summed E-state index contributed by atoms with van der Waals surface area (Å²) in [4.78, 5) is 3.64. The quantitative estimate of drug-likeness (QED) is 0.801. The predicted octanol–water partition coefficient (Wildman–Crippen LogP) is 1.95. The van der Waals surface area contributed by atoms with Gasteiger partial charge in [0.15, 0.2) is 0 Å². The summed E-state index contributed by atoms with van der Waals surface area (Å²) in [5.41, 5.74) is 5.69. The molecule has 0 saturated carbocycles. The highest BCUT2D eigenvalue weighted by Gasteiger charge is 2.20. The first-order valence-electron chi connectivity index (χ1n) is 4.56. The van der Waals surface area contributed by atoms with Crippen molar-refractivity contribution < 1.29 is 0 Å². The zero-order chi connectivity index (χ0) is 9.84. The van der Waals surface area contributed by atoms with E-state index in [0.29, 0.717) is 12.0 Å². The van der Waals surface area contributed by atoms with Crippen molar-refractivity contribution in [3.8, 4) is 0 Å². The van der Waals surface area contributed by atoms with Crippen LogP contribution in [-0.4, -0.2) is 25.5 Å². The molecule has 0 radical (unpaired) electrons. The zero-order valence-corrected chi connectivity index (χ0v) is 9.34. The van der Waals surface area contributed by atoms with Crippen LogP contribution in [-0.2, 0) is 0 Å². The Hall–Kier alpha value is -0.380. The molecule has 0 bridgehead atoms. The summed E-state index contributed by atoms with van der Waals surface area (Å²) in [5, 5.41) is 2.12. The lowest BCUT2D eigenvalue weighted by atomic mass is 10.00. The fraction of sp³-hybridized carbons (Fsp3) is 0.600. The Balaban J connectivity index is 2.80. The highest BCUT2D eigenvalue weighted by atomic mass is 32.1. The van der Waals surface area contributed by atoms with Gasteiger partial charge in [0, 0.05) is 10.9 Å². The van der Waals surface area contributed by atoms with Crippen molar-refractivity contribution in [1.82, 2.24) is 4.90 Å². The van der Waals surface area contributed by atoms with Crippen molar-refractivity contribution in [2.24, 2.45) is 11.7 Å². The van der Waals surface area contributed by atoms with Crippen molar-refractivity contribution in [2.45, 2.75) is 13.0 Å². The molecule has 1 rings (SSSR count). The first-order chi connectivity index (χ1) is 6.16. The second-order valence-corrected chi connectivity index (χ2v) is 4.62. The monoisotopic (exact) mass is 198 g/mol. The van der Waals surface area contributed by atoms with Crippen molar-refractivity contribution in [3.05, 3.63) is 22.4 Å². The van der Waals surface area contributed by atoms with Gasteiger partial charge in [0.05, 0.1) is 0 Å². The SMILES string of the molecule is CC(CN)C(c1cccs1)N(C)C. The van der Waals surface area contributed by atoms with Crippen LogP contribution in [0.3, 0.4) is 0 Å². The van der Waals surface area contributed by atoms with E-state index in [1.165, 1.54) is 4.88 Å². The summed E-state index contributed by atoms with van der Waals surface area (Å²) in [6.45, 7) is 2.94. The second kappa shape index (κ2) is 4.74. The van der Waals surface area contributed by atoms with E-state index in [9.17, 15) is 0 Å². The van der Waals surface area contributed by atoms with Crippen LogP contribution < -0.4 is 5.73 Å². The second-order valence-electron chi connectivity index (χ2n) is 3.64. The third-order valence-electron chi connectivity index (χ3n) is 2.30. The van der Waals surface area contributed by atoms with Crippen molar-refractivity contribution in [1.29, 1.82) is 0 Å². The Bertz CT molecular complexity index is 231. The average Bonchev–Trinajstić information content (AvgIpc) is 2.56. The molecule has 74 valence electrons. The smallest absolute Gasteiger partial charge is 0.0473 e. The van der Waals surface area contributed by atoms with Crippen LogP contribution in [0, 0.1) is 5.92 Å². The van der Waals surface area contributed by atoms with Gasteiger partial charge >= 0.3 is 0 Å². The van der Waals surface area contributed by atoms with E-state index in [2.05, 4.69) is 43.4 Å². The number of hydrogen-bond acceptors (Lipinski definition) is 3.